The van der Waals surface area contributed by atoms with Gasteiger partial charge in [-0.05, 0) is 30.3 Å². The molecule has 0 aliphatic heterocycles. The number of aromatic nitrogens is 2. The van der Waals surface area contributed by atoms with Crippen LogP contribution in [-0.2, 0) is 0 Å². The Morgan fingerprint density at radius 1 is 1.15 bits per heavy atom. The minimum atomic E-state index is 0.924. The van der Waals surface area contributed by atoms with Gasteiger partial charge in [-0.15, -0.1) is 0 Å². The van der Waals surface area contributed by atoms with Crippen molar-refractivity contribution in [3.05, 3.63) is 61.2 Å². The number of rotatable bonds is 1. The van der Waals surface area contributed by atoms with E-state index in [-0.39, 0.29) is 0 Å². The Morgan fingerprint density at radius 3 is 2.23 bits per heavy atom. The number of nitrogens with one attached hydrogen (secondary N) is 1. The topological polar surface area (TPSA) is 28.7 Å². The molecular formula is C11H12N2. The first-order chi connectivity index (χ1) is 6.43. The lowest BCUT2D eigenvalue weighted by molar-refractivity contribution is 1.30. The van der Waals surface area contributed by atoms with Crippen molar-refractivity contribution in [3.8, 4) is 0 Å². The summed E-state index contributed by atoms with van der Waals surface area (Å²) in [6.07, 6.45) is 7.22. The molecule has 2 rings (SSSR count). The molecule has 0 saturated heterocycles. The smallest absolute Gasteiger partial charge is 0.0623 e. The molecule has 13 heavy (non-hydrogen) atoms. The first-order valence-corrected chi connectivity index (χ1v) is 4.04. The molecule has 0 fully saturated rings. The highest BCUT2D eigenvalue weighted by Gasteiger charge is 1.77. The van der Waals surface area contributed by atoms with Crippen LogP contribution in [-0.4, -0.2) is 9.97 Å². The number of pyridine rings is 1. The Balaban J connectivity index is 0.000000145. The van der Waals surface area contributed by atoms with E-state index in [1.807, 2.05) is 42.7 Å². The van der Waals surface area contributed by atoms with Crippen molar-refractivity contribution in [1.29, 1.82) is 0 Å². The van der Waals surface area contributed by atoms with Crippen LogP contribution >= 0.6 is 0 Å². The van der Waals surface area contributed by atoms with E-state index in [0.29, 0.717) is 0 Å². The summed E-state index contributed by atoms with van der Waals surface area (Å²) in [4.78, 5) is 6.84. The fraction of sp³-hybridized carbons (Fsp3) is 0. The zero-order valence-electron chi connectivity index (χ0n) is 7.35. The molecule has 0 unspecified atom stereocenters. The summed E-state index contributed by atoms with van der Waals surface area (Å²) in [5.74, 6) is 0. The van der Waals surface area contributed by atoms with E-state index in [2.05, 4.69) is 16.5 Å². The third-order valence-corrected chi connectivity index (χ3v) is 1.39. The van der Waals surface area contributed by atoms with Crippen LogP contribution in [0.5, 0.6) is 0 Å². The molecule has 2 nitrogen and oxygen atoms in total. The predicted molar refractivity (Wildman–Crippen MR) is 55.1 cm³/mol. The van der Waals surface area contributed by atoms with E-state index in [1.165, 1.54) is 0 Å². The molecule has 1 N–H and O–H groups in total. The second kappa shape index (κ2) is 5.77. The molecule has 2 heteroatoms. The molecule has 0 atom stereocenters. The van der Waals surface area contributed by atoms with Gasteiger partial charge in [-0.3, -0.25) is 4.98 Å². The summed E-state index contributed by atoms with van der Waals surface area (Å²) in [6.45, 7) is 3.57. The number of nitrogens with zero attached hydrogens (tertiary/aromatic N) is 1. The summed E-state index contributed by atoms with van der Waals surface area (Å²) in [6, 6.07) is 9.62. The summed E-state index contributed by atoms with van der Waals surface area (Å²) < 4.78 is 0. The van der Waals surface area contributed by atoms with E-state index >= 15 is 0 Å². The molecule has 0 aliphatic carbocycles. The summed E-state index contributed by atoms with van der Waals surface area (Å²) in [5.41, 5.74) is 0.924. The van der Waals surface area contributed by atoms with Gasteiger partial charge in [0.25, 0.3) is 0 Å². The monoisotopic (exact) mass is 172 g/mol. The van der Waals surface area contributed by atoms with Crippen molar-refractivity contribution in [3.63, 3.8) is 0 Å². The number of hydrogen-bond acceptors (Lipinski definition) is 1. The van der Waals surface area contributed by atoms with Gasteiger partial charge in [-0.25, -0.2) is 0 Å². The second-order valence-electron chi connectivity index (χ2n) is 2.34. The van der Waals surface area contributed by atoms with Crippen molar-refractivity contribution in [1.82, 2.24) is 9.97 Å². The molecule has 2 aromatic heterocycles. The molecule has 0 saturated carbocycles. The van der Waals surface area contributed by atoms with Crippen LogP contribution in [0, 0.1) is 0 Å². The average Bonchev–Trinajstić information content (AvgIpc) is 2.77. The fourth-order valence-electron chi connectivity index (χ4n) is 0.774. The maximum Gasteiger partial charge on any atom is 0.0623 e. The highest BCUT2D eigenvalue weighted by atomic mass is 14.6. The van der Waals surface area contributed by atoms with Gasteiger partial charge < -0.3 is 4.98 Å². The zero-order chi connectivity index (χ0) is 9.36. The van der Waals surface area contributed by atoms with E-state index < -0.39 is 0 Å². The lowest BCUT2D eigenvalue weighted by Crippen LogP contribution is -1.73. The lowest BCUT2D eigenvalue weighted by atomic mass is 10.4. The number of aromatic amines is 1. The average molecular weight is 172 g/mol. The molecule has 0 spiro atoms. The molecule has 2 aromatic rings. The van der Waals surface area contributed by atoms with Crippen LogP contribution in [0.2, 0.25) is 0 Å². The number of H-pyrrole nitrogens is 1. The lowest BCUT2D eigenvalue weighted by Gasteiger charge is -1.84. The Hall–Kier alpha value is -1.83. The molecule has 0 aliphatic rings. The van der Waals surface area contributed by atoms with E-state index in [9.17, 15) is 0 Å². The van der Waals surface area contributed by atoms with E-state index in [0.717, 1.165) is 5.69 Å². The SMILES string of the molecule is C=Cc1ccccn1.c1cc[nH]c1. The van der Waals surface area contributed by atoms with Crippen LogP contribution < -0.4 is 0 Å². The van der Waals surface area contributed by atoms with Gasteiger partial charge in [0.2, 0.25) is 0 Å². The van der Waals surface area contributed by atoms with E-state index in [1.54, 1.807) is 12.3 Å². The number of hydrogen-bond donors (Lipinski definition) is 1. The molecular weight excluding hydrogens is 160 g/mol. The predicted octanol–water partition coefficient (Wildman–Crippen LogP) is 2.74. The first-order valence-electron chi connectivity index (χ1n) is 4.04. The second-order valence-corrected chi connectivity index (χ2v) is 2.34. The largest absolute Gasteiger partial charge is 0.368 e. The highest BCUT2D eigenvalue weighted by Crippen LogP contribution is 1.91. The van der Waals surface area contributed by atoms with Gasteiger partial charge >= 0.3 is 0 Å². The normalized spacial score (nSPS) is 8.31. The van der Waals surface area contributed by atoms with Crippen molar-refractivity contribution in [2.24, 2.45) is 0 Å². The maximum atomic E-state index is 3.98. The van der Waals surface area contributed by atoms with Crippen LogP contribution in [0.3, 0.4) is 0 Å². The highest BCUT2D eigenvalue weighted by molar-refractivity contribution is 5.40. The third kappa shape index (κ3) is 3.91. The van der Waals surface area contributed by atoms with Gasteiger partial charge in [0.05, 0.1) is 5.69 Å². The third-order valence-electron chi connectivity index (χ3n) is 1.39. The Bertz CT molecular complexity index is 294. The Kier molecular flexibility index (Phi) is 4.11. The minimum absolute atomic E-state index is 0.924. The standard InChI is InChI=1S/C7H7N.C4H5N/c1-2-7-5-3-4-6-8-7;1-2-4-5-3-1/h2-6H,1H2;1-5H. The van der Waals surface area contributed by atoms with Crippen molar-refractivity contribution in [2.45, 2.75) is 0 Å². The Labute approximate surface area is 78.0 Å². The van der Waals surface area contributed by atoms with Gasteiger partial charge in [0.1, 0.15) is 0 Å². The zero-order valence-corrected chi connectivity index (χ0v) is 7.35. The molecule has 0 amide bonds. The van der Waals surface area contributed by atoms with E-state index in [4.69, 9.17) is 0 Å². The fourth-order valence-corrected chi connectivity index (χ4v) is 0.774. The molecule has 0 bridgehead atoms. The quantitative estimate of drug-likeness (QED) is 0.704. The molecule has 66 valence electrons. The van der Waals surface area contributed by atoms with Crippen molar-refractivity contribution in [2.75, 3.05) is 0 Å². The molecule has 0 aromatic carbocycles. The molecule has 0 radical (unpaired) electrons. The molecule has 2 heterocycles. The van der Waals surface area contributed by atoms with Crippen LogP contribution in [0.4, 0.5) is 0 Å². The first kappa shape index (κ1) is 9.26. The minimum Gasteiger partial charge on any atom is -0.368 e. The van der Waals surface area contributed by atoms with Crippen LogP contribution in [0.1, 0.15) is 5.69 Å². The van der Waals surface area contributed by atoms with Crippen LogP contribution in [0.25, 0.3) is 6.08 Å². The van der Waals surface area contributed by atoms with Gasteiger partial charge in [-0.1, -0.05) is 12.6 Å². The van der Waals surface area contributed by atoms with Crippen molar-refractivity contribution < 1.29 is 0 Å². The summed E-state index contributed by atoms with van der Waals surface area (Å²) >= 11 is 0. The van der Waals surface area contributed by atoms with Crippen LogP contribution in [0.15, 0.2) is 55.5 Å². The summed E-state index contributed by atoms with van der Waals surface area (Å²) in [5, 5.41) is 0. The maximum absolute atomic E-state index is 3.98. The van der Waals surface area contributed by atoms with Gasteiger partial charge in [0.15, 0.2) is 0 Å². The van der Waals surface area contributed by atoms with Gasteiger partial charge in [0, 0.05) is 18.6 Å². The summed E-state index contributed by atoms with van der Waals surface area (Å²) in [7, 11) is 0. The Morgan fingerprint density at radius 2 is 1.92 bits per heavy atom. The van der Waals surface area contributed by atoms with Crippen molar-refractivity contribution >= 4 is 6.08 Å². The van der Waals surface area contributed by atoms with Gasteiger partial charge in [-0.2, -0.15) is 0 Å².